The van der Waals surface area contributed by atoms with Crippen molar-refractivity contribution in [2.24, 2.45) is 11.8 Å². The molecule has 0 radical (unpaired) electrons. The van der Waals surface area contributed by atoms with E-state index in [-0.39, 0.29) is 6.10 Å². The summed E-state index contributed by atoms with van der Waals surface area (Å²) in [7, 11) is 0. The number of hydrogen-bond donors (Lipinski definition) is 0. The first-order valence-electron chi connectivity index (χ1n) is 8.10. The molecule has 2 aliphatic heterocycles. The third kappa shape index (κ3) is 2.91. The van der Waals surface area contributed by atoms with E-state index in [0.717, 1.165) is 31.4 Å². The van der Waals surface area contributed by atoms with Crippen molar-refractivity contribution in [2.75, 3.05) is 31.2 Å². The van der Waals surface area contributed by atoms with E-state index in [2.05, 4.69) is 20.9 Å². The molecule has 122 valence electrons. The van der Waals surface area contributed by atoms with Crippen LogP contribution in [-0.2, 0) is 4.74 Å². The Morgan fingerprint density at radius 3 is 2.96 bits per heavy atom. The van der Waals surface area contributed by atoms with Gasteiger partial charge in [0.15, 0.2) is 0 Å². The van der Waals surface area contributed by atoms with Gasteiger partial charge in [-0.05, 0) is 24.3 Å². The molecule has 2 aromatic rings. The van der Waals surface area contributed by atoms with Gasteiger partial charge in [-0.1, -0.05) is 6.07 Å². The molecule has 1 aromatic heterocycles. The molecule has 0 spiro atoms. The van der Waals surface area contributed by atoms with Gasteiger partial charge in [0.2, 0.25) is 5.95 Å². The van der Waals surface area contributed by atoms with Crippen LogP contribution in [0.25, 0.3) is 0 Å². The van der Waals surface area contributed by atoms with Crippen LogP contribution >= 0.6 is 0 Å². The smallest absolute Gasteiger partial charge is 0.225 e. The van der Waals surface area contributed by atoms with Crippen LogP contribution in [0, 0.1) is 23.2 Å². The lowest BCUT2D eigenvalue weighted by Crippen LogP contribution is -2.27. The summed E-state index contributed by atoms with van der Waals surface area (Å²) in [6.45, 7) is 3.03. The summed E-state index contributed by atoms with van der Waals surface area (Å²) in [6.07, 6.45) is 3.74. The van der Waals surface area contributed by atoms with E-state index in [9.17, 15) is 0 Å². The topological polar surface area (TPSA) is 71.3 Å². The van der Waals surface area contributed by atoms with E-state index >= 15 is 0 Å². The Kier molecular flexibility index (Phi) is 4.01. The number of anilines is 1. The number of benzene rings is 1. The predicted molar refractivity (Wildman–Crippen MR) is 87.6 cm³/mol. The maximum absolute atomic E-state index is 8.96. The molecule has 2 fully saturated rings. The summed E-state index contributed by atoms with van der Waals surface area (Å²) in [5, 5.41) is 8.96. The molecule has 4 rings (SSSR count). The minimum Gasteiger partial charge on any atom is -0.493 e. The van der Waals surface area contributed by atoms with Crippen molar-refractivity contribution >= 4 is 5.95 Å². The van der Waals surface area contributed by atoms with Gasteiger partial charge in [-0.15, -0.1) is 0 Å². The lowest BCUT2D eigenvalue weighted by atomic mass is 9.94. The highest BCUT2D eigenvalue weighted by Gasteiger charge is 2.44. The number of aromatic nitrogens is 2. The maximum Gasteiger partial charge on any atom is 0.225 e. The van der Waals surface area contributed by atoms with Gasteiger partial charge in [-0.25, -0.2) is 9.97 Å². The Morgan fingerprint density at radius 1 is 1.25 bits per heavy atom. The number of nitriles is 1. The van der Waals surface area contributed by atoms with Gasteiger partial charge in [0.1, 0.15) is 5.75 Å². The van der Waals surface area contributed by atoms with Crippen molar-refractivity contribution in [3.05, 3.63) is 48.3 Å². The van der Waals surface area contributed by atoms with Crippen molar-refractivity contribution in [3.63, 3.8) is 0 Å². The summed E-state index contributed by atoms with van der Waals surface area (Å²) >= 11 is 0. The second-order valence-electron chi connectivity index (χ2n) is 6.20. The first-order chi connectivity index (χ1) is 11.8. The van der Waals surface area contributed by atoms with Crippen molar-refractivity contribution in [1.29, 1.82) is 5.26 Å². The van der Waals surface area contributed by atoms with E-state index in [1.165, 1.54) is 0 Å². The molecule has 0 aliphatic carbocycles. The zero-order valence-electron chi connectivity index (χ0n) is 13.2. The molecule has 6 nitrogen and oxygen atoms in total. The Morgan fingerprint density at radius 2 is 2.12 bits per heavy atom. The number of rotatable bonds is 4. The molecule has 0 amide bonds. The molecular formula is C18H18N4O2. The molecule has 2 saturated heterocycles. The first-order valence-corrected chi connectivity index (χ1v) is 8.10. The Labute approximate surface area is 140 Å². The normalized spacial score (nSPS) is 25.3. The molecule has 3 atom stereocenters. The summed E-state index contributed by atoms with van der Waals surface area (Å²) in [5.41, 5.74) is 0.612. The van der Waals surface area contributed by atoms with E-state index in [0.29, 0.717) is 24.0 Å². The zero-order chi connectivity index (χ0) is 16.4. The summed E-state index contributed by atoms with van der Waals surface area (Å²) in [5.74, 6) is 2.26. The van der Waals surface area contributed by atoms with Gasteiger partial charge >= 0.3 is 0 Å². The lowest BCUT2D eigenvalue weighted by Gasteiger charge is -2.19. The van der Waals surface area contributed by atoms with Crippen LogP contribution in [0.2, 0.25) is 0 Å². The fourth-order valence-electron chi connectivity index (χ4n) is 3.45. The van der Waals surface area contributed by atoms with Crippen LogP contribution < -0.4 is 9.64 Å². The Bertz CT molecular complexity index is 746. The van der Waals surface area contributed by atoms with E-state index in [1.807, 2.05) is 18.2 Å². The maximum atomic E-state index is 8.96. The largest absolute Gasteiger partial charge is 0.493 e. The molecule has 0 saturated carbocycles. The van der Waals surface area contributed by atoms with Crippen molar-refractivity contribution in [1.82, 2.24) is 9.97 Å². The highest BCUT2D eigenvalue weighted by atomic mass is 16.5. The third-order valence-electron chi connectivity index (χ3n) is 4.70. The fourth-order valence-corrected chi connectivity index (χ4v) is 3.45. The molecule has 24 heavy (non-hydrogen) atoms. The second kappa shape index (κ2) is 6.46. The Balaban J connectivity index is 1.38. The quantitative estimate of drug-likeness (QED) is 0.856. The Hall–Kier alpha value is -2.65. The molecule has 0 N–H and O–H groups in total. The van der Waals surface area contributed by atoms with Gasteiger partial charge in [0, 0.05) is 37.3 Å². The first kappa shape index (κ1) is 14.9. The minimum absolute atomic E-state index is 0.216. The van der Waals surface area contributed by atoms with Gasteiger partial charge in [-0.3, -0.25) is 0 Å². The molecule has 0 bridgehead atoms. The average Bonchev–Trinajstić information content (AvgIpc) is 3.22. The van der Waals surface area contributed by atoms with Crippen LogP contribution in [0.5, 0.6) is 5.75 Å². The number of nitrogens with zero attached hydrogens (tertiary/aromatic N) is 4. The second-order valence-corrected chi connectivity index (χ2v) is 6.20. The summed E-state index contributed by atoms with van der Waals surface area (Å²) in [6, 6.07) is 11.2. The van der Waals surface area contributed by atoms with Gasteiger partial charge < -0.3 is 14.4 Å². The average molecular weight is 322 g/mol. The van der Waals surface area contributed by atoms with Gasteiger partial charge in [0.05, 0.1) is 31.0 Å². The molecule has 2 aliphatic rings. The standard InChI is InChI=1S/C18H18N4O2/c19-8-13-3-1-4-15(7-13)23-11-14-12-24-17-10-22(9-16(14)17)18-20-5-2-6-21-18/h1-7,14,16-17H,9-12H2/t14-,16+,17+/m0/s1. The number of hydrogen-bond acceptors (Lipinski definition) is 6. The lowest BCUT2D eigenvalue weighted by molar-refractivity contribution is 0.108. The van der Waals surface area contributed by atoms with Crippen LogP contribution in [-0.4, -0.2) is 42.4 Å². The fraction of sp³-hybridized carbons (Fsp3) is 0.389. The predicted octanol–water partition coefficient (Wildman–Crippen LogP) is 1.88. The number of ether oxygens (including phenoxy) is 2. The zero-order valence-corrected chi connectivity index (χ0v) is 13.2. The van der Waals surface area contributed by atoms with Crippen molar-refractivity contribution < 1.29 is 9.47 Å². The molecule has 6 heteroatoms. The van der Waals surface area contributed by atoms with Gasteiger partial charge in [-0.2, -0.15) is 5.26 Å². The van der Waals surface area contributed by atoms with Crippen LogP contribution in [0.15, 0.2) is 42.7 Å². The van der Waals surface area contributed by atoms with Crippen LogP contribution in [0.3, 0.4) is 0 Å². The molecule has 0 unspecified atom stereocenters. The number of fused-ring (bicyclic) bond motifs is 1. The van der Waals surface area contributed by atoms with Crippen molar-refractivity contribution in [2.45, 2.75) is 6.10 Å². The van der Waals surface area contributed by atoms with Crippen LogP contribution in [0.4, 0.5) is 5.95 Å². The van der Waals surface area contributed by atoms with E-state index in [1.54, 1.807) is 24.5 Å². The summed E-state index contributed by atoms with van der Waals surface area (Å²) in [4.78, 5) is 10.8. The minimum atomic E-state index is 0.216. The monoisotopic (exact) mass is 322 g/mol. The van der Waals surface area contributed by atoms with E-state index in [4.69, 9.17) is 14.7 Å². The van der Waals surface area contributed by atoms with Gasteiger partial charge in [0.25, 0.3) is 0 Å². The summed E-state index contributed by atoms with van der Waals surface area (Å²) < 4.78 is 11.8. The third-order valence-corrected chi connectivity index (χ3v) is 4.70. The highest BCUT2D eigenvalue weighted by molar-refractivity contribution is 5.36. The van der Waals surface area contributed by atoms with Crippen molar-refractivity contribution in [3.8, 4) is 11.8 Å². The van der Waals surface area contributed by atoms with Crippen LogP contribution in [0.1, 0.15) is 5.56 Å². The molecular weight excluding hydrogens is 304 g/mol. The van der Waals surface area contributed by atoms with E-state index < -0.39 is 0 Å². The SMILES string of the molecule is N#Cc1cccc(OC[C@H]2CO[C@@H]3CN(c4ncccn4)C[C@H]23)c1. The molecule has 3 heterocycles. The molecule has 1 aromatic carbocycles. The highest BCUT2D eigenvalue weighted by Crippen LogP contribution is 2.35.